The summed E-state index contributed by atoms with van der Waals surface area (Å²) in [5, 5.41) is 18.2. The second-order valence-electron chi connectivity index (χ2n) is 4.74. The number of furan rings is 1. The first-order valence-corrected chi connectivity index (χ1v) is 7.08. The topological polar surface area (TPSA) is 122 Å². The van der Waals surface area contributed by atoms with Crippen molar-refractivity contribution in [1.82, 2.24) is 10.2 Å². The van der Waals surface area contributed by atoms with Gasteiger partial charge in [-0.25, -0.2) is 4.79 Å². The lowest BCUT2D eigenvalue weighted by Gasteiger charge is -1.96. The number of esters is 1. The van der Waals surface area contributed by atoms with Gasteiger partial charge in [-0.05, 0) is 24.3 Å². The zero-order valence-corrected chi connectivity index (χ0v) is 12.7. The van der Waals surface area contributed by atoms with Crippen molar-refractivity contribution in [3.8, 4) is 11.5 Å². The number of nitrogens with zero attached hydrogens (tertiary/aromatic N) is 3. The Bertz CT molecular complexity index is 913. The van der Waals surface area contributed by atoms with Crippen molar-refractivity contribution in [2.45, 2.75) is 6.61 Å². The van der Waals surface area contributed by atoms with Crippen molar-refractivity contribution < 1.29 is 23.3 Å². The van der Waals surface area contributed by atoms with Crippen molar-refractivity contribution in [1.29, 1.82) is 0 Å². The molecule has 0 bridgehead atoms. The van der Waals surface area contributed by atoms with Crippen molar-refractivity contribution in [3.63, 3.8) is 0 Å². The molecule has 2 aromatic heterocycles. The summed E-state index contributed by atoms with van der Waals surface area (Å²) in [6.07, 6.45) is 2.34. The third-order valence-corrected chi connectivity index (χ3v) is 3.00. The quantitative estimate of drug-likeness (QED) is 0.290. The van der Waals surface area contributed by atoms with E-state index in [9.17, 15) is 14.9 Å². The lowest BCUT2D eigenvalue weighted by Crippen LogP contribution is -2.00. The Hall–Kier alpha value is -3.75. The number of nitro groups is 1. The van der Waals surface area contributed by atoms with Gasteiger partial charge in [0.1, 0.15) is 10.7 Å². The number of hydrogen-bond acceptors (Lipinski definition) is 8. The van der Waals surface area contributed by atoms with Crippen LogP contribution in [-0.2, 0) is 16.1 Å². The molecule has 1 aromatic carbocycles. The third-order valence-electron chi connectivity index (χ3n) is 3.00. The molecule has 0 aliphatic rings. The molecule has 0 saturated carbocycles. The fourth-order valence-electron chi connectivity index (χ4n) is 1.87. The highest BCUT2D eigenvalue weighted by molar-refractivity contribution is 5.86. The van der Waals surface area contributed by atoms with Gasteiger partial charge < -0.3 is 13.6 Å². The molecule has 0 radical (unpaired) electrons. The third kappa shape index (κ3) is 4.16. The molecule has 0 spiro atoms. The van der Waals surface area contributed by atoms with Crippen LogP contribution < -0.4 is 0 Å². The fraction of sp³-hybridized carbons (Fsp3) is 0.0625. The van der Waals surface area contributed by atoms with Crippen molar-refractivity contribution in [2.24, 2.45) is 0 Å². The predicted octanol–water partition coefficient (Wildman–Crippen LogP) is 2.99. The number of carbonyl (C=O) groups excluding carboxylic acids is 1. The maximum absolute atomic E-state index is 11.6. The number of aromatic nitrogens is 2. The maximum atomic E-state index is 11.6. The second kappa shape index (κ2) is 7.21. The molecule has 0 N–H and O–H groups in total. The molecule has 126 valence electrons. The van der Waals surface area contributed by atoms with Gasteiger partial charge in [0.15, 0.2) is 6.61 Å². The molecule has 3 aromatic rings. The Morgan fingerprint density at radius 2 is 1.96 bits per heavy atom. The number of ether oxygens (including phenoxy) is 1. The summed E-state index contributed by atoms with van der Waals surface area (Å²) in [4.78, 5) is 21.5. The summed E-state index contributed by atoms with van der Waals surface area (Å²) >= 11 is 0. The average molecular weight is 341 g/mol. The van der Waals surface area contributed by atoms with Crippen LogP contribution in [0.25, 0.3) is 17.5 Å². The standard InChI is InChI=1S/C16H11N3O6/c20-15(9-7-12-6-8-14(24-12)19(21)22)23-10-13-17-18-16(25-13)11-4-2-1-3-5-11/h1-9H,10H2/b9-7+. The van der Waals surface area contributed by atoms with E-state index in [0.29, 0.717) is 5.89 Å². The van der Waals surface area contributed by atoms with E-state index in [-0.39, 0.29) is 18.3 Å². The van der Waals surface area contributed by atoms with Gasteiger partial charge in [-0.3, -0.25) is 10.1 Å². The Balaban J connectivity index is 1.54. The molecule has 3 rings (SSSR count). The van der Waals surface area contributed by atoms with Crippen molar-refractivity contribution in [3.05, 3.63) is 70.3 Å². The van der Waals surface area contributed by atoms with E-state index in [4.69, 9.17) is 13.6 Å². The smallest absolute Gasteiger partial charge is 0.433 e. The van der Waals surface area contributed by atoms with E-state index in [1.807, 2.05) is 30.3 Å². The Labute approximate surface area is 140 Å². The first kappa shape index (κ1) is 16.1. The van der Waals surface area contributed by atoms with Gasteiger partial charge in [-0.1, -0.05) is 18.2 Å². The fourth-order valence-corrected chi connectivity index (χ4v) is 1.87. The van der Waals surface area contributed by atoms with E-state index in [2.05, 4.69) is 10.2 Å². The molecule has 0 amide bonds. The Morgan fingerprint density at radius 1 is 1.16 bits per heavy atom. The summed E-state index contributed by atoms with van der Waals surface area (Å²) in [5.74, 6) is -0.460. The molecule has 9 nitrogen and oxygen atoms in total. The lowest BCUT2D eigenvalue weighted by molar-refractivity contribution is -0.402. The molecule has 0 unspecified atom stereocenters. The summed E-state index contributed by atoms with van der Waals surface area (Å²) in [5.41, 5.74) is 0.756. The van der Waals surface area contributed by atoms with Crippen LogP contribution >= 0.6 is 0 Å². The van der Waals surface area contributed by atoms with E-state index >= 15 is 0 Å². The van der Waals surface area contributed by atoms with Crippen LogP contribution in [0.15, 0.2) is 57.4 Å². The van der Waals surface area contributed by atoms with Gasteiger partial charge in [0.25, 0.3) is 5.89 Å². The first-order valence-electron chi connectivity index (χ1n) is 7.08. The summed E-state index contributed by atoms with van der Waals surface area (Å²) in [6, 6.07) is 11.7. The van der Waals surface area contributed by atoms with E-state index in [1.54, 1.807) is 0 Å². The minimum atomic E-state index is -0.682. The number of rotatable bonds is 6. The van der Waals surface area contributed by atoms with Crippen LogP contribution in [0.5, 0.6) is 0 Å². The van der Waals surface area contributed by atoms with E-state index < -0.39 is 16.8 Å². The summed E-state index contributed by atoms with van der Waals surface area (Å²) < 4.78 is 15.2. The van der Waals surface area contributed by atoms with Crippen LogP contribution in [0.1, 0.15) is 11.7 Å². The van der Waals surface area contributed by atoms with Crippen molar-refractivity contribution in [2.75, 3.05) is 0 Å². The first-order chi connectivity index (χ1) is 12.1. The van der Waals surface area contributed by atoms with Crippen LogP contribution in [0.4, 0.5) is 5.88 Å². The molecule has 25 heavy (non-hydrogen) atoms. The normalized spacial score (nSPS) is 10.9. The average Bonchev–Trinajstić information content (AvgIpc) is 3.28. The molecular formula is C16H11N3O6. The number of carbonyl (C=O) groups is 1. The molecule has 9 heteroatoms. The maximum Gasteiger partial charge on any atom is 0.433 e. The number of benzene rings is 1. The number of hydrogen-bond donors (Lipinski definition) is 0. The highest BCUT2D eigenvalue weighted by Crippen LogP contribution is 2.18. The van der Waals surface area contributed by atoms with Gasteiger partial charge in [0, 0.05) is 11.6 Å². The molecule has 0 atom stereocenters. The molecular weight excluding hydrogens is 330 g/mol. The Kier molecular flexibility index (Phi) is 4.65. The van der Waals surface area contributed by atoms with Gasteiger partial charge in [-0.15, -0.1) is 10.2 Å². The molecule has 0 aliphatic heterocycles. The molecule has 0 fully saturated rings. The molecule has 2 heterocycles. The van der Waals surface area contributed by atoms with Gasteiger partial charge in [-0.2, -0.15) is 0 Å². The second-order valence-corrected chi connectivity index (χ2v) is 4.74. The minimum Gasteiger partial charge on any atom is -0.452 e. The van der Waals surface area contributed by atoms with E-state index in [1.165, 1.54) is 18.2 Å². The van der Waals surface area contributed by atoms with Gasteiger partial charge >= 0.3 is 11.9 Å². The highest BCUT2D eigenvalue weighted by atomic mass is 16.6. The van der Waals surface area contributed by atoms with Crippen LogP contribution in [0.3, 0.4) is 0 Å². The van der Waals surface area contributed by atoms with Gasteiger partial charge in [0.2, 0.25) is 5.89 Å². The zero-order chi connectivity index (χ0) is 17.6. The molecule has 0 saturated heterocycles. The van der Waals surface area contributed by atoms with Crippen LogP contribution in [-0.4, -0.2) is 21.1 Å². The summed E-state index contributed by atoms with van der Waals surface area (Å²) in [6.45, 7) is -0.193. The van der Waals surface area contributed by atoms with E-state index in [0.717, 1.165) is 11.6 Å². The predicted molar refractivity (Wildman–Crippen MR) is 83.9 cm³/mol. The lowest BCUT2D eigenvalue weighted by atomic mass is 10.2. The monoisotopic (exact) mass is 341 g/mol. The SMILES string of the molecule is O=C(/C=C/c1ccc([N+](=O)[O-])o1)OCc1nnc(-c2ccccc2)o1. The zero-order valence-electron chi connectivity index (χ0n) is 12.7. The van der Waals surface area contributed by atoms with Crippen molar-refractivity contribution >= 4 is 17.9 Å². The largest absolute Gasteiger partial charge is 0.452 e. The van der Waals surface area contributed by atoms with Crippen LogP contribution in [0, 0.1) is 10.1 Å². The highest BCUT2D eigenvalue weighted by Gasteiger charge is 2.11. The van der Waals surface area contributed by atoms with Crippen LogP contribution in [0.2, 0.25) is 0 Å². The minimum absolute atomic E-state index is 0.147. The Morgan fingerprint density at radius 3 is 2.68 bits per heavy atom. The van der Waals surface area contributed by atoms with Gasteiger partial charge in [0.05, 0.1) is 6.07 Å². The summed E-state index contributed by atoms with van der Waals surface area (Å²) in [7, 11) is 0. The molecule has 0 aliphatic carbocycles.